The molecule has 2 fully saturated rings. The standard InChI is InChI=1S/C26H25F3N6O2S/c1-14(23-21(28)4-5-22(24(23)29)34-38(36,37)35-7-6-18(27)13-35)20-12-33-26-19(20)8-16(9-32-26)17-10-30-25(31-11-17)15-2-3-15/h4-5,8-12,14-15,18,34H,2-3,6-7,13H2,1H3,(H,32,33)/t14-,18-/m1/s1. The van der Waals surface area contributed by atoms with E-state index in [1.54, 1.807) is 31.7 Å². The molecule has 2 aliphatic rings. The molecule has 12 heteroatoms. The van der Waals surface area contributed by atoms with Gasteiger partial charge in [-0.15, -0.1) is 0 Å². The second kappa shape index (κ2) is 9.35. The van der Waals surface area contributed by atoms with Crippen LogP contribution >= 0.6 is 0 Å². The molecule has 1 aliphatic heterocycles. The number of aromatic amines is 1. The Labute approximate surface area is 217 Å². The van der Waals surface area contributed by atoms with Gasteiger partial charge < -0.3 is 4.98 Å². The minimum absolute atomic E-state index is 0.0123. The number of hydrogen-bond donors (Lipinski definition) is 2. The number of rotatable bonds is 7. The van der Waals surface area contributed by atoms with E-state index in [-0.39, 0.29) is 25.1 Å². The van der Waals surface area contributed by atoms with Gasteiger partial charge in [0.25, 0.3) is 0 Å². The first kappa shape index (κ1) is 24.8. The lowest BCUT2D eigenvalue weighted by atomic mass is 9.91. The summed E-state index contributed by atoms with van der Waals surface area (Å²) in [4.78, 5) is 16.4. The summed E-state index contributed by atoms with van der Waals surface area (Å²) in [5.41, 5.74) is 1.96. The number of anilines is 1. The molecule has 8 nitrogen and oxygen atoms in total. The van der Waals surface area contributed by atoms with Gasteiger partial charge in [-0.05, 0) is 43.0 Å². The van der Waals surface area contributed by atoms with Crippen LogP contribution in [0.4, 0.5) is 18.9 Å². The highest BCUT2D eigenvalue weighted by Crippen LogP contribution is 2.39. The van der Waals surface area contributed by atoms with Crippen LogP contribution in [0.5, 0.6) is 0 Å². The summed E-state index contributed by atoms with van der Waals surface area (Å²) in [6.45, 7) is 1.32. The first-order chi connectivity index (χ1) is 18.2. The summed E-state index contributed by atoms with van der Waals surface area (Å²) in [6.07, 6.45) is 7.82. The largest absolute Gasteiger partial charge is 0.346 e. The molecule has 1 saturated heterocycles. The van der Waals surface area contributed by atoms with Crippen LogP contribution in [0.1, 0.15) is 55.0 Å². The molecule has 0 bridgehead atoms. The van der Waals surface area contributed by atoms with E-state index >= 15 is 4.39 Å². The Kier molecular flexibility index (Phi) is 6.10. The van der Waals surface area contributed by atoms with Gasteiger partial charge >= 0.3 is 10.2 Å². The van der Waals surface area contributed by atoms with Crippen molar-refractivity contribution in [2.45, 2.75) is 44.2 Å². The molecular formula is C26H25F3N6O2S. The third-order valence-corrected chi connectivity index (χ3v) is 8.70. The number of benzene rings is 1. The zero-order valence-electron chi connectivity index (χ0n) is 20.5. The van der Waals surface area contributed by atoms with E-state index in [2.05, 4.69) is 24.7 Å². The Balaban J connectivity index is 1.33. The topological polar surface area (TPSA) is 104 Å². The van der Waals surface area contributed by atoms with E-state index in [1.807, 2.05) is 6.07 Å². The summed E-state index contributed by atoms with van der Waals surface area (Å²) in [5, 5.41) is 0.664. The van der Waals surface area contributed by atoms with Crippen molar-refractivity contribution in [3.8, 4) is 11.1 Å². The maximum Gasteiger partial charge on any atom is 0.301 e. The minimum atomic E-state index is -4.20. The molecule has 6 rings (SSSR count). The lowest BCUT2D eigenvalue weighted by Gasteiger charge is -2.20. The number of pyridine rings is 1. The average Bonchev–Trinajstić information content (AvgIpc) is 3.51. The van der Waals surface area contributed by atoms with Gasteiger partial charge in [0.15, 0.2) is 5.82 Å². The molecule has 0 amide bonds. The van der Waals surface area contributed by atoms with E-state index in [0.29, 0.717) is 22.5 Å². The van der Waals surface area contributed by atoms with E-state index in [1.165, 1.54) is 0 Å². The summed E-state index contributed by atoms with van der Waals surface area (Å²) in [5.74, 6) is -1.37. The van der Waals surface area contributed by atoms with Gasteiger partial charge in [0.2, 0.25) is 0 Å². The first-order valence-corrected chi connectivity index (χ1v) is 13.8. The zero-order valence-corrected chi connectivity index (χ0v) is 21.3. The van der Waals surface area contributed by atoms with Crippen LogP contribution < -0.4 is 4.72 Å². The van der Waals surface area contributed by atoms with Crippen molar-refractivity contribution in [1.29, 1.82) is 0 Å². The van der Waals surface area contributed by atoms with Crippen molar-refractivity contribution in [3.05, 3.63) is 71.6 Å². The van der Waals surface area contributed by atoms with Crippen molar-refractivity contribution >= 4 is 26.9 Å². The lowest BCUT2D eigenvalue weighted by Crippen LogP contribution is -2.34. The van der Waals surface area contributed by atoms with Crippen LogP contribution in [0.15, 0.2) is 43.0 Å². The molecule has 1 aliphatic carbocycles. The summed E-state index contributed by atoms with van der Waals surface area (Å²) >= 11 is 0. The molecule has 1 saturated carbocycles. The van der Waals surface area contributed by atoms with Crippen LogP contribution in [0, 0.1) is 11.6 Å². The molecule has 4 aromatic rings. The predicted octanol–water partition coefficient (Wildman–Crippen LogP) is 5.03. The Bertz CT molecular complexity index is 1620. The van der Waals surface area contributed by atoms with Crippen LogP contribution in [0.25, 0.3) is 22.2 Å². The second-order valence-corrected chi connectivity index (χ2v) is 11.5. The Morgan fingerprint density at radius 2 is 1.82 bits per heavy atom. The molecule has 198 valence electrons. The third-order valence-electron chi connectivity index (χ3n) is 7.21. The van der Waals surface area contributed by atoms with Gasteiger partial charge in [-0.2, -0.15) is 12.7 Å². The fourth-order valence-corrected chi connectivity index (χ4v) is 6.16. The molecule has 4 heterocycles. The van der Waals surface area contributed by atoms with E-state index < -0.39 is 39.6 Å². The number of halogens is 3. The van der Waals surface area contributed by atoms with Crippen LogP contribution in [0.2, 0.25) is 0 Å². The quantitative estimate of drug-likeness (QED) is 0.341. The van der Waals surface area contributed by atoms with Crippen molar-refractivity contribution in [2.75, 3.05) is 17.8 Å². The number of hydrogen-bond acceptors (Lipinski definition) is 5. The molecular weight excluding hydrogens is 517 g/mol. The van der Waals surface area contributed by atoms with Crippen molar-refractivity contribution in [1.82, 2.24) is 24.2 Å². The molecule has 38 heavy (non-hydrogen) atoms. The Hall–Kier alpha value is -3.51. The predicted molar refractivity (Wildman–Crippen MR) is 137 cm³/mol. The molecule has 3 aromatic heterocycles. The highest BCUT2D eigenvalue weighted by molar-refractivity contribution is 7.90. The summed E-state index contributed by atoms with van der Waals surface area (Å²) in [6, 6.07) is 3.91. The Morgan fingerprint density at radius 1 is 1.08 bits per heavy atom. The smallest absolute Gasteiger partial charge is 0.301 e. The van der Waals surface area contributed by atoms with Crippen LogP contribution in [-0.4, -0.2) is 51.9 Å². The monoisotopic (exact) mass is 542 g/mol. The first-order valence-electron chi connectivity index (χ1n) is 12.4. The number of nitrogens with one attached hydrogen (secondary N) is 2. The average molecular weight is 543 g/mol. The SMILES string of the molecule is C[C@@H](c1c(F)ccc(NS(=O)(=O)N2CC[C@@H](F)C2)c1F)c1c[nH]c2ncc(-c3cnc(C4CC4)nc3)cc12. The number of fused-ring (bicyclic) bond motifs is 1. The zero-order chi connectivity index (χ0) is 26.6. The molecule has 2 atom stereocenters. The molecule has 0 radical (unpaired) electrons. The number of nitrogens with zero attached hydrogens (tertiary/aromatic N) is 4. The fraction of sp³-hybridized carbons (Fsp3) is 0.346. The molecule has 1 aromatic carbocycles. The van der Waals surface area contributed by atoms with E-state index in [4.69, 9.17) is 0 Å². The van der Waals surface area contributed by atoms with Gasteiger partial charge in [0.1, 0.15) is 23.5 Å². The van der Waals surface area contributed by atoms with E-state index in [0.717, 1.165) is 46.2 Å². The highest BCUT2D eigenvalue weighted by atomic mass is 32.2. The second-order valence-electron chi connectivity index (χ2n) is 9.86. The highest BCUT2D eigenvalue weighted by Gasteiger charge is 2.33. The van der Waals surface area contributed by atoms with Crippen molar-refractivity contribution in [3.63, 3.8) is 0 Å². The number of alkyl halides is 1. The van der Waals surface area contributed by atoms with Gasteiger partial charge in [-0.3, -0.25) is 4.72 Å². The van der Waals surface area contributed by atoms with Crippen LogP contribution in [-0.2, 0) is 10.2 Å². The van der Waals surface area contributed by atoms with Gasteiger partial charge in [0, 0.05) is 71.8 Å². The van der Waals surface area contributed by atoms with Crippen molar-refractivity contribution in [2.24, 2.45) is 0 Å². The van der Waals surface area contributed by atoms with Gasteiger partial charge in [-0.1, -0.05) is 6.92 Å². The molecule has 0 unspecified atom stereocenters. The van der Waals surface area contributed by atoms with Gasteiger partial charge in [0.05, 0.1) is 5.69 Å². The summed E-state index contributed by atoms with van der Waals surface area (Å²) in [7, 11) is -4.20. The number of aromatic nitrogens is 4. The maximum atomic E-state index is 15.6. The van der Waals surface area contributed by atoms with Crippen LogP contribution in [0.3, 0.4) is 0 Å². The van der Waals surface area contributed by atoms with E-state index in [9.17, 15) is 17.2 Å². The molecule has 2 N–H and O–H groups in total. The van der Waals surface area contributed by atoms with Crippen molar-refractivity contribution < 1.29 is 21.6 Å². The fourth-order valence-electron chi connectivity index (χ4n) is 4.89. The molecule has 0 spiro atoms. The van der Waals surface area contributed by atoms with Gasteiger partial charge in [-0.25, -0.2) is 28.1 Å². The normalized spacial score (nSPS) is 19.2. The minimum Gasteiger partial charge on any atom is -0.346 e. The summed E-state index contributed by atoms with van der Waals surface area (Å²) < 4.78 is 72.6. The maximum absolute atomic E-state index is 15.6. The Morgan fingerprint density at radius 3 is 2.50 bits per heavy atom. The third kappa shape index (κ3) is 4.51. The number of H-pyrrole nitrogens is 1. The lowest BCUT2D eigenvalue weighted by molar-refractivity contribution is 0.343.